The monoisotopic (exact) mass is 167 g/mol. The summed E-state index contributed by atoms with van der Waals surface area (Å²) in [6.45, 7) is 8.12. The Kier molecular flexibility index (Phi) is 2.47. The summed E-state index contributed by atoms with van der Waals surface area (Å²) in [5.74, 6) is 0.829. The van der Waals surface area contributed by atoms with Crippen molar-refractivity contribution in [3.63, 3.8) is 0 Å². The Morgan fingerprint density at radius 2 is 2.17 bits per heavy atom. The van der Waals surface area contributed by atoms with Gasteiger partial charge in [-0.1, -0.05) is 6.08 Å². The predicted octanol–water partition coefficient (Wildman–Crippen LogP) is 1.28. The van der Waals surface area contributed by atoms with Gasteiger partial charge in [-0.25, -0.2) is 0 Å². The van der Waals surface area contributed by atoms with Gasteiger partial charge in [-0.2, -0.15) is 0 Å². The van der Waals surface area contributed by atoms with Crippen LogP contribution in [0.5, 0.6) is 0 Å². The lowest BCUT2D eigenvalue weighted by molar-refractivity contribution is -0.0603. The van der Waals surface area contributed by atoms with Crippen molar-refractivity contribution in [1.29, 1.82) is 0 Å². The number of rotatable bonds is 3. The molecule has 2 nitrogen and oxygen atoms in total. The normalized spacial score (nSPS) is 39.8. The largest absolute Gasteiger partial charge is 0.373 e. The fourth-order valence-corrected chi connectivity index (χ4v) is 2.29. The second kappa shape index (κ2) is 3.58. The molecule has 3 rings (SSSR count). The maximum atomic E-state index is 5.71. The van der Waals surface area contributed by atoms with Gasteiger partial charge in [0.2, 0.25) is 0 Å². The van der Waals surface area contributed by atoms with Gasteiger partial charge in [-0.15, -0.1) is 6.58 Å². The van der Waals surface area contributed by atoms with E-state index in [4.69, 9.17) is 4.74 Å². The topological polar surface area (TPSA) is 12.5 Å². The molecule has 3 aliphatic rings. The standard InChI is InChI=1S/C10H17NO/c1-2-7-12-10-8-11-5-3-9(10)4-6-11/h2,9-10H,1,3-8H2/t10-/m0/s1. The minimum Gasteiger partial charge on any atom is -0.373 e. The molecule has 2 heteroatoms. The van der Waals surface area contributed by atoms with E-state index in [2.05, 4.69) is 11.5 Å². The average Bonchev–Trinajstić information content (AvgIpc) is 2.17. The van der Waals surface area contributed by atoms with Crippen molar-refractivity contribution in [3.8, 4) is 0 Å². The molecule has 1 atom stereocenters. The minimum atomic E-state index is 0.491. The zero-order chi connectivity index (χ0) is 8.39. The van der Waals surface area contributed by atoms with Crippen LogP contribution in [0.1, 0.15) is 12.8 Å². The number of fused-ring (bicyclic) bond motifs is 3. The van der Waals surface area contributed by atoms with Crippen LogP contribution in [0.25, 0.3) is 0 Å². The van der Waals surface area contributed by atoms with Gasteiger partial charge in [0.05, 0.1) is 12.7 Å². The summed E-state index contributed by atoms with van der Waals surface area (Å²) in [6, 6.07) is 0. The Hall–Kier alpha value is -0.340. The van der Waals surface area contributed by atoms with Gasteiger partial charge < -0.3 is 9.64 Å². The third-order valence-electron chi connectivity index (χ3n) is 3.02. The van der Waals surface area contributed by atoms with E-state index in [1.54, 1.807) is 0 Å². The van der Waals surface area contributed by atoms with Crippen LogP contribution in [0, 0.1) is 5.92 Å². The first-order chi connectivity index (χ1) is 5.90. The van der Waals surface area contributed by atoms with Crippen LogP contribution < -0.4 is 0 Å². The molecule has 3 saturated heterocycles. The van der Waals surface area contributed by atoms with E-state index in [0.29, 0.717) is 6.10 Å². The van der Waals surface area contributed by atoms with Crippen LogP contribution in [-0.2, 0) is 4.74 Å². The molecule has 3 heterocycles. The van der Waals surface area contributed by atoms with Crippen molar-refractivity contribution in [2.24, 2.45) is 5.92 Å². The maximum absolute atomic E-state index is 5.71. The summed E-state index contributed by atoms with van der Waals surface area (Å²) < 4.78 is 5.71. The van der Waals surface area contributed by atoms with Crippen molar-refractivity contribution in [1.82, 2.24) is 4.90 Å². The van der Waals surface area contributed by atoms with Crippen LogP contribution in [0.15, 0.2) is 12.7 Å². The highest BCUT2D eigenvalue weighted by Gasteiger charge is 2.34. The van der Waals surface area contributed by atoms with E-state index in [1.807, 2.05) is 6.08 Å². The first-order valence-electron chi connectivity index (χ1n) is 4.85. The van der Waals surface area contributed by atoms with Gasteiger partial charge in [0.1, 0.15) is 0 Å². The third kappa shape index (κ3) is 1.54. The number of nitrogens with zero attached hydrogens (tertiary/aromatic N) is 1. The molecule has 3 fully saturated rings. The van der Waals surface area contributed by atoms with E-state index in [-0.39, 0.29) is 0 Å². The smallest absolute Gasteiger partial charge is 0.0735 e. The van der Waals surface area contributed by atoms with Crippen LogP contribution in [0.4, 0.5) is 0 Å². The highest BCUT2D eigenvalue weighted by atomic mass is 16.5. The lowest BCUT2D eigenvalue weighted by atomic mass is 9.86. The molecule has 0 spiro atoms. The van der Waals surface area contributed by atoms with Crippen molar-refractivity contribution >= 4 is 0 Å². The highest BCUT2D eigenvalue weighted by Crippen LogP contribution is 2.29. The van der Waals surface area contributed by atoms with Crippen molar-refractivity contribution in [2.45, 2.75) is 18.9 Å². The van der Waals surface area contributed by atoms with E-state index >= 15 is 0 Å². The first kappa shape index (κ1) is 8.27. The van der Waals surface area contributed by atoms with Gasteiger partial charge in [-0.3, -0.25) is 0 Å². The van der Waals surface area contributed by atoms with Gasteiger partial charge in [-0.05, 0) is 31.8 Å². The summed E-state index contributed by atoms with van der Waals surface area (Å²) in [5, 5.41) is 0. The van der Waals surface area contributed by atoms with E-state index in [0.717, 1.165) is 19.1 Å². The van der Waals surface area contributed by atoms with Crippen molar-refractivity contribution in [2.75, 3.05) is 26.2 Å². The fourth-order valence-electron chi connectivity index (χ4n) is 2.29. The number of piperidine rings is 3. The molecule has 2 bridgehead atoms. The second-order valence-corrected chi connectivity index (χ2v) is 3.80. The molecule has 68 valence electrons. The summed E-state index contributed by atoms with van der Waals surface area (Å²) in [6.07, 6.45) is 5.01. The van der Waals surface area contributed by atoms with Crippen LogP contribution in [0.2, 0.25) is 0 Å². The molecule has 3 aliphatic heterocycles. The fraction of sp³-hybridized carbons (Fsp3) is 0.800. The zero-order valence-corrected chi connectivity index (χ0v) is 7.54. The molecule has 0 unspecified atom stereocenters. The molecule has 0 radical (unpaired) electrons. The Morgan fingerprint density at radius 1 is 1.42 bits per heavy atom. The quantitative estimate of drug-likeness (QED) is 0.587. The lowest BCUT2D eigenvalue weighted by Gasteiger charge is -2.44. The van der Waals surface area contributed by atoms with Crippen LogP contribution >= 0.6 is 0 Å². The minimum absolute atomic E-state index is 0.491. The summed E-state index contributed by atoms with van der Waals surface area (Å²) >= 11 is 0. The Labute approximate surface area is 74.2 Å². The number of hydrogen-bond acceptors (Lipinski definition) is 2. The number of hydrogen-bond donors (Lipinski definition) is 0. The molecule has 0 aliphatic carbocycles. The van der Waals surface area contributed by atoms with Crippen LogP contribution in [-0.4, -0.2) is 37.2 Å². The third-order valence-corrected chi connectivity index (χ3v) is 3.02. The highest BCUT2D eigenvalue weighted by molar-refractivity contribution is 4.87. The lowest BCUT2D eigenvalue weighted by Crippen LogP contribution is -2.51. The van der Waals surface area contributed by atoms with Crippen molar-refractivity contribution < 1.29 is 4.74 Å². The first-order valence-corrected chi connectivity index (χ1v) is 4.85. The summed E-state index contributed by atoms with van der Waals surface area (Å²) in [7, 11) is 0. The second-order valence-electron chi connectivity index (χ2n) is 3.80. The summed E-state index contributed by atoms with van der Waals surface area (Å²) in [4.78, 5) is 2.51. The molecule has 0 aromatic heterocycles. The van der Waals surface area contributed by atoms with Crippen molar-refractivity contribution in [3.05, 3.63) is 12.7 Å². The SMILES string of the molecule is C=CCO[C@H]1CN2CCC1CC2. The number of ether oxygens (including phenoxy) is 1. The molecule has 0 amide bonds. The molecule has 0 aromatic carbocycles. The molecule has 12 heavy (non-hydrogen) atoms. The van der Waals surface area contributed by atoms with Gasteiger partial charge in [0.25, 0.3) is 0 Å². The predicted molar refractivity (Wildman–Crippen MR) is 49.1 cm³/mol. The van der Waals surface area contributed by atoms with Crippen LogP contribution in [0.3, 0.4) is 0 Å². The van der Waals surface area contributed by atoms with Gasteiger partial charge in [0, 0.05) is 6.54 Å². The Balaban J connectivity index is 1.86. The molecular weight excluding hydrogens is 150 g/mol. The van der Waals surface area contributed by atoms with E-state index in [1.165, 1.54) is 25.9 Å². The zero-order valence-electron chi connectivity index (χ0n) is 7.54. The Morgan fingerprint density at radius 3 is 2.67 bits per heavy atom. The molecule has 0 N–H and O–H groups in total. The van der Waals surface area contributed by atoms with Gasteiger partial charge in [0.15, 0.2) is 0 Å². The molecule has 0 aromatic rings. The molecular formula is C10H17NO. The maximum Gasteiger partial charge on any atom is 0.0735 e. The molecule has 0 saturated carbocycles. The van der Waals surface area contributed by atoms with E-state index < -0.39 is 0 Å². The van der Waals surface area contributed by atoms with Gasteiger partial charge >= 0.3 is 0 Å². The Bertz CT molecular complexity index is 161. The average molecular weight is 167 g/mol. The van der Waals surface area contributed by atoms with E-state index in [9.17, 15) is 0 Å². The summed E-state index contributed by atoms with van der Waals surface area (Å²) in [5.41, 5.74) is 0.